The molecule has 2 N–H and O–H groups in total. The van der Waals surface area contributed by atoms with Crippen LogP contribution in [0.1, 0.15) is 5.82 Å². The van der Waals surface area contributed by atoms with Gasteiger partial charge in [0, 0.05) is 23.8 Å². The van der Waals surface area contributed by atoms with Gasteiger partial charge in [0.15, 0.2) is 6.61 Å². The normalized spacial score (nSPS) is 16.7. The Bertz CT molecular complexity index is 1170. The molecule has 1 saturated heterocycles. The van der Waals surface area contributed by atoms with Crippen molar-refractivity contribution in [3.05, 3.63) is 47.2 Å². The lowest BCUT2D eigenvalue weighted by Gasteiger charge is -2.29. The van der Waals surface area contributed by atoms with Crippen LogP contribution in [0.2, 0.25) is 5.02 Å². The SMILES string of the molecule is O=C(CN1C(=O)COc2ccc(Cl)cc21)Nc1ccc2nc(CN3CCOCC3)[nH]c2c1. The van der Waals surface area contributed by atoms with E-state index in [1.54, 1.807) is 24.3 Å². The van der Waals surface area contributed by atoms with E-state index >= 15 is 0 Å². The fourth-order valence-corrected chi connectivity index (χ4v) is 4.05. The van der Waals surface area contributed by atoms with Gasteiger partial charge in [-0.25, -0.2) is 4.98 Å². The Morgan fingerprint density at radius 1 is 1.19 bits per heavy atom. The second kappa shape index (κ2) is 8.78. The molecular formula is C22H22ClN5O4. The second-order valence-electron chi connectivity index (χ2n) is 7.73. The van der Waals surface area contributed by atoms with Crippen LogP contribution in [0.4, 0.5) is 11.4 Å². The average Bonchev–Trinajstić information content (AvgIpc) is 3.18. The minimum atomic E-state index is -0.321. The van der Waals surface area contributed by atoms with Crippen LogP contribution in [0.25, 0.3) is 11.0 Å². The standard InChI is InChI=1S/C22H22ClN5O4/c23-14-1-4-19-18(9-14)28(22(30)13-32-19)12-21(29)24-15-2-3-16-17(10-15)26-20(25-16)11-27-5-7-31-8-6-27/h1-4,9-10H,5-8,11-13H2,(H,24,29)(H,25,26). The number of aromatic amines is 1. The summed E-state index contributed by atoms with van der Waals surface area (Å²) < 4.78 is 10.8. The van der Waals surface area contributed by atoms with E-state index in [4.69, 9.17) is 21.1 Å². The summed E-state index contributed by atoms with van der Waals surface area (Å²) in [4.78, 5) is 36.7. The van der Waals surface area contributed by atoms with Crippen molar-refractivity contribution in [2.45, 2.75) is 6.54 Å². The monoisotopic (exact) mass is 455 g/mol. The highest BCUT2D eigenvalue weighted by Gasteiger charge is 2.27. The van der Waals surface area contributed by atoms with Crippen LogP contribution in [-0.4, -0.2) is 66.1 Å². The second-order valence-corrected chi connectivity index (χ2v) is 8.17. The minimum Gasteiger partial charge on any atom is -0.482 e. The molecule has 5 rings (SSSR count). The fourth-order valence-electron chi connectivity index (χ4n) is 3.88. The number of amides is 2. The maximum absolute atomic E-state index is 12.7. The van der Waals surface area contributed by atoms with Crippen LogP contribution >= 0.6 is 11.6 Å². The van der Waals surface area contributed by atoms with E-state index in [0.717, 1.165) is 49.7 Å². The number of nitrogens with zero attached hydrogens (tertiary/aromatic N) is 3. The topological polar surface area (TPSA) is 99.8 Å². The molecule has 0 bridgehead atoms. The molecule has 2 aromatic carbocycles. The Morgan fingerprint density at radius 2 is 2.03 bits per heavy atom. The number of rotatable bonds is 5. The van der Waals surface area contributed by atoms with Crippen molar-refractivity contribution >= 4 is 45.8 Å². The molecule has 2 aliphatic rings. The van der Waals surface area contributed by atoms with Gasteiger partial charge in [0.05, 0.1) is 36.5 Å². The number of anilines is 2. The van der Waals surface area contributed by atoms with E-state index in [-0.39, 0.29) is 25.0 Å². The van der Waals surface area contributed by atoms with Gasteiger partial charge in [-0.3, -0.25) is 19.4 Å². The van der Waals surface area contributed by atoms with Gasteiger partial charge < -0.3 is 19.8 Å². The molecule has 0 saturated carbocycles. The quantitative estimate of drug-likeness (QED) is 0.613. The molecule has 32 heavy (non-hydrogen) atoms. The predicted octanol–water partition coefficient (Wildman–Crippen LogP) is 2.41. The number of morpholine rings is 1. The van der Waals surface area contributed by atoms with E-state index in [9.17, 15) is 9.59 Å². The zero-order valence-electron chi connectivity index (χ0n) is 17.3. The molecule has 10 heteroatoms. The van der Waals surface area contributed by atoms with Crippen LogP contribution in [0, 0.1) is 0 Å². The molecule has 9 nitrogen and oxygen atoms in total. The van der Waals surface area contributed by atoms with Crippen molar-refractivity contribution in [3.8, 4) is 5.75 Å². The summed E-state index contributed by atoms with van der Waals surface area (Å²) in [6, 6.07) is 10.5. The van der Waals surface area contributed by atoms with E-state index in [1.807, 2.05) is 12.1 Å². The molecule has 0 radical (unpaired) electrons. The van der Waals surface area contributed by atoms with Crippen molar-refractivity contribution in [2.24, 2.45) is 0 Å². The van der Waals surface area contributed by atoms with Crippen molar-refractivity contribution in [3.63, 3.8) is 0 Å². The van der Waals surface area contributed by atoms with Crippen molar-refractivity contribution in [1.29, 1.82) is 0 Å². The number of H-pyrrole nitrogens is 1. The Kier molecular flexibility index (Phi) is 5.69. The molecule has 1 aromatic heterocycles. The van der Waals surface area contributed by atoms with E-state index in [0.29, 0.717) is 22.1 Å². The van der Waals surface area contributed by atoms with Crippen LogP contribution in [0.3, 0.4) is 0 Å². The molecule has 0 atom stereocenters. The fraction of sp³-hybridized carbons (Fsp3) is 0.318. The lowest BCUT2D eigenvalue weighted by atomic mass is 10.2. The highest BCUT2D eigenvalue weighted by molar-refractivity contribution is 6.31. The van der Waals surface area contributed by atoms with Gasteiger partial charge >= 0.3 is 0 Å². The molecule has 166 valence electrons. The van der Waals surface area contributed by atoms with Crippen LogP contribution in [0.5, 0.6) is 5.75 Å². The Balaban J connectivity index is 1.27. The lowest BCUT2D eigenvalue weighted by molar-refractivity contribution is -0.123. The average molecular weight is 456 g/mol. The van der Waals surface area contributed by atoms with E-state index in [2.05, 4.69) is 20.2 Å². The third-order valence-corrected chi connectivity index (χ3v) is 5.69. The van der Waals surface area contributed by atoms with Gasteiger partial charge in [0.1, 0.15) is 18.1 Å². The minimum absolute atomic E-state index is 0.117. The number of fused-ring (bicyclic) bond motifs is 2. The summed E-state index contributed by atoms with van der Waals surface area (Å²) in [6.45, 7) is 3.70. The maximum atomic E-state index is 12.7. The highest BCUT2D eigenvalue weighted by Crippen LogP contribution is 2.34. The Labute approximate surface area is 189 Å². The number of hydrogen-bond donors (Lipinski definition) is 2. The first-order chi connectivity index (χ1) is 15.5. The number of carbonyl (C=O) groups is 2. The number of nitrogens with one attached hydrogen (secondary N) is 2. The Hall–Kier alpha value is -3.14. The number of benzene rings is 2. The van der Waals surface area contributed by atoms with Crippen LogP contribution in [-0.2, 0) is 20.9 Å². The molecule has 0 aliphatic carbocycles. The number of imidazole rings is 1. The third kappa shape index (κ3) is 4.40. The summed E-state index contributed by atoms with van der Waals surface area (Å²) in [7, 11) is 0. The van der Waals surface area contributed by atoms with Crippen molar-refractivity contribution in [1.82, 2.24) is 14.9 Å². The molecule has 2 aliphatic heterocycles. The summed E-state index contributed by atoms with van der Waals surface area (Å²) in [6.07, 6.45) is 0. The van der Waals surface area contributed by atoms with E-state index < -0.39 is 0 Å². The third-order valence-electron chi connectivity index (χ3n) is 5.46. The van der Waals surface area contributed by atoms with Crippen LogP contribution < -0.4 is 15.0 Å². The molecule has 0 unspecified atom stereocenters. The number of hydrogen-bond acceptors (Lipinski definition) is 6. The number of carbonyl (C=O) groups excluding carboxylic acids is 2. The van der Waals surface area contributed by atoms with Gasteiger partial charge in [-0.1, -0.05) is 11.6 Å². The van der Waals surface area contributed by atoms with Gasteiger partial charge in [0.2, 0.25) is 5.91 Å². The first kappa shape index (κ1) is 20.7. The van der Waals surface area contributed by atoms with Crippen LogP contribution in [0.15, 0.2) is 36.4 Å². The number of ether oxygens (including phenoxy) is 2. The predicted molar refractivity (Wildman–Crippen MR) is 120 cm³/mol. The molecule has 3 aromatic rings. The number of aromatic nitrogens is 2. The van der Waals surface area contributed by atoms with Gasteiger partial charge in [-0.15, -0.1) is 0 Å². The first-order valence-corrected chi connectivity index (χ1v) is 10.7. The zero-order valence-corrected chi connectivity index (χ0v) is 18.0. The number of halogens is 1. The van der Waals surface area contributed by atoms with Gasteiger partial charge in [-0.05, 0) is 36.4 Å². The van der Waals surface area contributed by atoms with Crippen molar-refractivity contribution in [2.75, 3.05) is 49.7 Å². The van der Waals surface area contributed by atoms with E-state index in [1.165, 1.54) is 4.90 Å². The maximum Gasteiger partial charge on any atom is 0.265 e. The molecule has 1 fully saturated rings. The summed E-state index contributed by atoms with van der Waals surface area (Å²) >= 11 is 6.06. The molecular weight excluding hydrogens is 434 g/mol. The largest absolute Gasteiger partial charge is 0.482 e. The smallest absolute Gasteiger partial charge is 0.265 e. The zero-order chi connectivity index (χ0) is 22.1. The summed E-state index contributed by atoms with van der Waals surface area (Å²) in [5.41, 5.74) is 2.78. The summed E-state index contributed by atoms with van der Waals surface area (Å²) in [5.74, 6) is 0.775. The highest BCUT2D eigenvalue weighted by atomic mass is 35.5. The molecule has 2 amide bonds. The lowest BCUT2D eigenvalue weighted by Crippen LogP contribution is -2.43. The molecule has 3 heterocycles. The Morgan fingerprint density at radius 3 is 2.88 bits per heavy atom. The van der Waals surface area contributed by atoms with Gasteiger partial charge in [-0.2, -0.15) is 0 Å². The molecule has 0 spiro atoms. The summed E-state index contributed by atoms with van der Waals surface area (Å²) in [5, 5.41) is 3.32. The van der Waals surface area contributed by atoms with Gasteiger partial charge in [0.25, 0.3) is 5.91 Å². The van der Waals surface area contributed by atoms with Crippen molar-refractivity contribution < 1.29 is 19.1 Å². The first-order valence-electron chi connectivity index (χ1n) is 10.4.